The van der Waals surface area contributed by atoms with Gasteiger partial charge in [-0.2, -0.15) is 0 Å². The standard InChI is InChI=1S/C14H18N2O/c1-11-6-8-16(12(2)10-17)14(11)9-13-5-3-4-7-15-13/h3-5,7,10-11,14H,2,6,8-9H2,1H3. The Hall–Kier alpha value is -1.64. The smallest absolute Gasteiger partial charge is 0.165 e. The van der Waals surface area contributed by atoms with E-state index in [0.717, 1.165) is 31.4 Å². The van der Waals surface area contributed by atoms with Gasteiger partial charge in [0.15, 0.2) is 6.29 Å². The van der Waals surface area contributed by atoms with Crippen molar-refractivity contribution in [3.05, 3.63) is 42.4 Å². The Morgan fingerprint density at radius 2 is 2.47 bits per heavy atom. The molecule has 1 aliphatic heterocycles. The second kappa shape index (κ2) is 5.13. The third-order valence-electron chi connectivity index (χ3n) is 3.53. The lowest BCUT2D eigenvalue weighted by Gasteiger charge is -2.27. The van der Waals surface area contributed by atoms with Crippen molar-refractivity contribution in [2.45, 2.75) is 25.8 Å². The van der Waals surface area contributed by atoms with Crippen molar-refractivity contribution in [2.24, 2.45) is 5.92 Å². The van der Waals surface area contributed by atoms with Crippen molar-refractivity contribution >= 4 is 6.29 Å². The summed E-state index contributed by atoms with van der Waals surface area (Å²) in [5, 5.41) is 0. The van der Waals surface area contributed by atoms with Gasteiger partial charge in [0.05, 0.1) is 5.70 Å². The summed E-state index contributed by atoms with van der Waals surface area (Å²) in [4.78, 5) is 17.3. The van der Waals surface area contributed by atoms with E-state index in [1.165, 1.54) is 0 Å². The van der Waals surface area contributed by atoms with Crippen molar-refractivity contribution in [3.63, 3.8) is 0 Å². The lowest BCUT2D eigenvalue weighted by atomic mass is 9.98. The van der Waals surface area contributed by atoms with Crippen LogP contribution in [0.1, 0.15) is 19.0 Å². The number of carbonyl (C=O) groups excluding carboxylic acids is 1. The highest BCUT2D eigenvalue weighted by molar-refractivity contribution is 5.71. The second-order valence-electron chi connectivity index (χ2n) is 4.66. The van der Waals surface area contributed by atoms with Crippen molar-refractivity contribution in [3.8, 4) is 0 Å². The molecule has 0 aliphatic carbocycles. The first-order chi connectivity index (χ1) is 8.22. The van der Waals surface area contributed by atoms with Gasteiger partial charge in [-0.25, -0.2) is 0 Å². The molecule has 2 heterocycles. The molecular formula is C14H18N2O. The highest BCUT2D eigenvalue weighted by atomic mass is 16.1. The first-order valence-electron chi connectivity index (χ1n) is 6.03. The van der Waals surface area contributed by atoms with Crippen molar-refractivity contribution in [1.82, 2.24) is 9.88 Å². The van der Waals surface area contributed by atoms with Gasteiger partial charge in [0.1, 0.15) is 0 Å². The van der Waals surface area contributed by atoms with Gasteiger partial charge in [-0.3, -0.25) is 9.78 Å². The van der Waals surface area contributed by atoms with Crippen LogP contribution in [0.5, 0.6) is 0 Å². The van der Waals surface area contributed by atoms with Gasteiger partial charge in [-0.15, -0.1) is 0 Å². The lowest BCUT2D eigenvalue weighted by molar-refractivity contribution is -0.106. The monoisotopic (exact) mass is 230 g/mol. The topological polar surface area (TPSA) is 33.2 Å². The molecule has 0 saturated carbocycles. The van der Waals surface area contributed by atoms with Crippen LogP contribution in [0, 0.1) is 5.92 Å². The van der Waals surface area contributed by atoms with Crippen LogP contribution in [-0.4, -0.2) is 28.8 Å². The van der Waals surface area contributed by atoms with Crippen molar-refractivity contribution in [2.75, 3.05) is 6.54 Å². The summed E-state index contributed by atoms with van der Waals surface area (Å²) in [5.74, 6) is 0.578. The molecule has 17 heavy (non-hydrogen) atoms. The zero-order valence-electron chi connectivity index (χ0n) is 10.2. The van der Waals surface area contributed by atoms with Gasteiger partial charge < -0.3 is 4.90 Å². The van der Waals surface area contributed by atoms with Gasteiger partial charge in [0.2, 0.25) is 0 Å². The van der Waals surface area contributed by atoms with E-state index in [1.54, 1.807) is 0 Å². The summed E-state index contributed by atoms with van der Waals surface area (Å²) in [7, 11) is 0. The number of rotatable bonds is 4. The summed E-state index contributed by atoms with van der Waals surface area (Å²) in [6.45, 7) is 6.97. The molecule has 1 fully saturated rings. The highest BCUT2D eigenvalue weighted by Gasteiger charge is 2.31. The average molecular weight is 230 g/mol. The maximum absolute atomic E-state index is 10.8. The molecule has 1 aromatic heterocycles. The quantitative estimate of drug-likeness (QED) is 0.586. The number of carbonyl (C=O) groups is 1. The maximum atomic E-state index is 10.8. The average Bonchev–Trinajstić information content (AvgIpc) is 2.72. The molecule has 0 aromatic carbocycles. The fourth-order valence-electron chi connectivity index (χ4n) is 2.48. The van der Waals surface area contributed by atoms with Crippen LogP contribution < -0.4 is 0 Å². The van der Waals surface area contributed by atoms with E-state index in [1.807, 2.05) is 24.4 Å². The van der Waals surface area contributed by atoms with E-state index < -0.39 is 0 Å². The number of aldehydes is 1. The predicted molar refractivity (Wildman–Crippen MR) is 67.4 cm³/mol. The SMILES string of the molecule is C=C(C=O)N1CCC(C)C1Cc1ccccn1. The Bertz CT molecular complexity index is 402. The van der Waals surface area contributed by atoms with Gasteiger partial charge in [0, 0.05) is 30.9 Å². The molecule has 3 heteroatoms. The number of pyridine rings is 1. The lowest BCUT2D eigenvalue weighted by Crippen LogP contribution is -2.33. The first kappa shape index (κ1) is 11.8. The summed E-state index contributed by atoms with van der Waals surface area (Å²) in [6.07, 6.45) is 4.66. The molecule has 90 valence electrons. The molecule has 0 bridgehead atoms. The molecule has 1 aromatic rings. The normalized spacial score (nSPS) is 23.7. The van der Waals surface area contributed by atoms with Crippen molar-refractivity contribution in [1.29, 1.82) is 0 Å². The van der Waals surface area contributed by atoms with Gasteiger partial charge in [-0.05, 0) is 24.5 Å². The molecule has 2 atom stereocenters. The molecule has 0 amide bonds. The fraction of sp³-hybridized carbons (Fsp3) is 0.429. The molecule has 2 rings (SSSR count). The molecule has 0 radical (unpaired) electrons. The van der Waals surface area contributed by atoms with Gasteiger partial charge >= 0.3 is 0 Å². The zero-order chi connectivity index (χ0) is 12.3. The Morgan fingerprint density at radius 1 is 1.65 bits per heavy atom. The minimum Gasteiger partial charge on any atom is -0.366 e. The molecule has 1 saturated heterocycles. The van der Waals surface area contributed by atoms with E-state index in [4.69, 9.17) is 0 Å². The zero-order valence-corrected chi connectivity index (χ0v) is 10.2. The van der Waals surface area contributed by atoms with Crippen LogP contribution in [0.15, 0.2) is 36.7 Å². The number of aromatic nitrogens is 1. The largest absolute Gasteiger partial charge is 0.366 e. The molecular weight excluding hydrogens is 212 g/mol. The Morgan fingerprint density at radius 3 is 3.12 bits per heavy atom. The van der Waals surface area contributed by atoms with E-state index in [9.17, 15) is 4.79 Å². The van der Waals surface area contributed by atoms with Crippen LogP contribution in [-0.2, 0) is 11.2 Å². The third-order valence-corrected chi connectivity index (χ3v) is 3.53. The number of allylic oxidation sites excluding steroid dienone is 1. The minimum atomic E-state index is 0.350. The van der Waals surface area contributed by atoms with E-state index in [2.05, 4.69) is 23.4 Å². The van der Waals surface area contributed by atoms with Crippen LogP contribution in [0.2, 0.25) is 0 Å². The fourth-order valence-corrected chi connectivity index (χ4v) is 2.48. The van der Waals surface area contributed by atoms with Gasteiger partial charge in [0.25, 0.3) is 0 Å². The molecule has 1 aliphatic rings. The Labute approximate surface area is 102 Å². The van der Waals surface area contributed by atoms with Crippen LogP contribution in [0.4, 0.5) is 0 Å². The minimum absolute atomic E-state index is 0.350. The van der Waals surface area contributed by atoms with Crippen LogP contribution in [0.3, 0.4) is 0 Å². The van der Waals surface area contributed by atoms with Crippen molar-refractivity contribution < 1.29 is 4.79 Å². The molecule has 0 N–H and O–H groups in total. The Kier molecular flexibility index (Phi) is 3.57. The molecule has 0 spiro atoms. The highest BCUT2D eigenvalue weighted by Crippen LogP contribution is 2.28. The summed E-state index contributed by atoms with van der Waals surface area (Å²) >= 11 is 0. The predicted octanol–water partition coefficient (Wildman–Crippen LogP) is 2.05. The third kappa shape index (κ3) is 2.54. The van der Waals surface area contributed by atoms with E-state index in [0.29, 0.717) is 17.7 Å². The van der Waals surface area contributed by atoms with E-state index >= 15 is 0 Å². The van der Waals surface area contributed by atoms with Crippen LogP contribution >= 0.6 is 0 Å². The number of hydrogen-bond acceptors (Lipinski definition) is 3. The second-order valence-corrected chi connectivity index (χ2v) is 4.66. The maximum Gasteiger partial charge on any atom is 0.165 e. The summed E-state index contributed by atoms with van der Waals surface area (Å²) < 4.78 is 0. The number of likely N-dealkylation sites (tertiary alicyclic amines) is 1. The van der Waals surface area contributed by atoms with Crippen LogP contribution in [0.25, 0.3) is 0 Å². The Balaban J connectivity index is 2.12. The van der Waals surface area contributed by atoms with E-state index in [-0.39, 0.29) is 0 Å². The van der Waals surface area contributed by atoms with Gasteiger partial charge in [-0.1, -0.05) is 19.6 Å². The summed E-state index contributed by atoms with van der Waals surface area (Å²) in [6, 6.07) is 6.31. The molecule has 2 unspecified atom stereocenters. The first-order valence-corrected chi connectivity index (χ1v) is 6.03. The summed E-state index contributed by atoms with van der Waals surface area (Å²) in [5.41, 5.74) is 1.67. The number of hydrogen-bond donors (Lipinski definition) is 0. The molecule has 3 nitrogen and oxygen atoms in total. The number of nitrogens with zero attached hydrogens (tertiary/aromatic N) is 2.